The van der Waals surface area contributed by atoms with Gasteiger partial charge in [-0.15, -0.1) is 0 Å². The van der Waals surface area contributed by atoms with Gasteiger partial charge in [0, 0.05) is 67.6 Å². The van der Waals surface area contributed by atoms with Crippen molar-refractivity contribution in [3.05, 3.63) is 210 Å². The molecule has 10 aromatic rings. The average molecular weight is 1030 g/mol. The number of rotatable bonds is 5. The van der Waals surface area contributed by atoms with Gasteiger partial charge < -0.3 is 19.1 Å². The Morgan fingerprint density at radius 1 is 0.418 bits per heavy atom. The van der Waals surface area contributed by atoms with Crippen molar-refractivity contribution in [1.29, 1.82) is 0 Å². The van der Waals surface area contributed by atoms with Crippen molar-refractivity contribution in [2.75, 3.05) is 14.7 Å². The maximum absolute atomic E-state index is 6.78. The second kappa shape index (κ2) is 17.4. The number of anilines is 8. The van der Waals surface area contributed by atoms with E-state index < -0.39 is 0 Å². The molecule has 1 fully saturated rings. The van der Waals surface area contributed by atoms with Crippen LogP contribution in [0.3, 0.4) is 0 Å². The summed E-state index contributed by atoms with van der Waals surface area (Å²) in [4.78, 5) is 8.08. The van der Waals surface area contributed by atoms with Gasteiger partial charge in [-0.25, -0.2) is 0 Å². The number of furan rings is 1. The Balaban J connectivity index is 1.12. The minimum Gasteiger partial charge on any atom is -0.456 e. The summed E-state index contributed by atoms with van der Waals surface area (Å²) in [5, 5.41) is 2.26. The summed E-state index contributed by atoms with van der Waals surface area (Å²) < 4.78 is 6.78. The first kappa shape index (κ1) is 49.5. The molecule has 9 aromatic carbocycles. The summed E-state index contributed by atoms with van der Waals surface area (Å²) in [7, 11) is 0. The zero-order valence-electron chi connectivity index (χ0n) is 48.1. The van der Waals surface area contributed by atoms with Gasteiger partial charge in [0.05, 0.1) is 11.2 Å². The number of hydrogen-bond acceptors (Lipinski definition) is 4. The van der Waals surface area contributed by atoms with Crippen LogP contribution in [-0.2, 0) is 21.7 Å². The van der Waals surface area contributed by atoms with Crippen molar-refractivity contribution in [2.24, 2.45) is 0 Å². The van der Waals surface area contributed by atoms with Crippen molar-refractivity contribution < 1.29 is 4.42 Å². The Bertz CT molecular complexity index is 4100. The molecule has 392 valence electrons. The normalized spacial score (nSPS) is 18.6. The van der Waals surface area contributed by atoms with E-state index in [1.807, 2.05) is 0 Å². The zero-order chi connectivity index (χ0) is 54.5. The molecule has 2 atom stereocenters. The Hall–Kier alpha value is -7.76. The molecule has 2 unspecified atom stereocenters. The van der Waals surface area contributed by atoms with E-state index in [1.54, 1.807) is 0 Å². The zero-order valence-corrected chi connectivity index (χ0v) is 48.1. The van der Waals surface area contributed by atoms with Crippen molar-refractivity contribution in [1.82, 2.24) is 0 Å². The second-order valence-electron chi connectivity index (χ2n) is 26.9. The lowest BCUT2D eigenvalue weighted by molar-refractivity contribution is 0.195. The summed E-state index contributed by atoms with van der Waals surface area (Å²) in [6.07, 6.45) is 4.62. The van der Waals surface area contributed by atoms with Gasteiger partial charge in [0.15, 0.2) is 0 Å². The SMILES string of the molecule is CC(C)(C)c1ccc2c(c1)B1c3cc(C(C)(C)C)ccc3N(c3ccc(C(C)(C)C)cc3-c3ccccc3)c3cc(N4c5ccc(-c6ccccc6)cc5C5(C)CCCCC45C)cc(c31)N2c1ccc2c(c1)oc1ccccc12. The number of fused-ring (bicyclic) bond motifs is 10. The van der Waals surface area contributed by atoms with Gasteiger partial charge in [-0.2, -0.15) is 0 Å². The topological polar surface area (TPSA) is 22.9 Å². The molecule has 14 rings (SSSR count). The molecule has 5 heteroatoms. The molecule has 0 bridgehead atoms. The molecule has 4 heterocycles. The molecule has 0 radical (unpaired) electrons. The minimum absolute atomic E-state index is 0.0603. The van der Waals surface area contributed by atoms with Gasteiger partial charge in [-0.05, 0) is 158 Å². The van der Waals surface area contributed by atoms with Gasteiger partial charge in [0.1, 0.15) is 11.2 Å². The van der Waals surface area contributed by atoms with Crippen LogP contribution in [0.4, 0.5) is 45.5 Å². The summed E-state index contributed by atoms with van der Waals surface area (Å²) in [5.74, 6) is 0. The van der Waals surface area contributed by atoms with Crippen LogP contribution in [0, 0.1) is 0 Å². The van der Waals surface area contributed by atoms with Crippen molar-refractivity contribution >= 4 is 90.5 Å². The van der Waals surface area contributed by atoms with Crippen LogP contribution in [-0.4, -0.2) is 12.3 Å². The molecule has 4 nitrogen and oxygen atoms in total. The first-order chi connectivity index (χ1) is 37.8. The van der Waals surface area contributed by atoms with E-state index in [-0.39, 0.29) is 33.9 Å². The van der Waals surface area contributed by atoms with Crippen LogP contribution in [0.15, 0.2) is 192 Å². The lowest BCUT2D eigenvalue weighted by Gasteiger charge is -2.51. The fourth-order valence-electron chi connectivity index (χ4n) is 14.4. The molecular weight excluding hydrogens is 958 g/mol. The van der Waals surface area contributed by atoms with E-state index in [9.17, 15) is 0 Å². The van der Waals surface area contributed by atoms with E-state index >= 15 is 0 Å². The first-order valence-electron chi connectivity index (χ1n) is 29.0. The van der Waals surface area contributed by atoms with Crippen molar-refractivity contribution in [2.45, 2.75) is 129 Å². The standard InChI is InChI=1S/C74H72BN3O/c1-70(2,3)50-29-35-61(57(41-50)48-24-16-13-17-25-48)77-64-37-31-52(72(7,8)9)43-60(64)75-59-42-51(71(4,5)6)30-36-63(59)76(53-32-33-56-55-26-18-19-27-67(55)79-68(56)46-53)65-44-54(45-66(77)69(65)75)78-62-34-28-49(47-22-14-12-15-23-47)40-58(62)73(10)38-20-21-39-74(73,78)11/h12-19,22-37,40-46H,20-21,38-39H2,1-11H3. The minimum atomic E-state index is -0.210. The third kappa shape index (κ3) is 7.54. The van der Waals surface area contributed by atoms with Crippen LogP contribution in [0.2, 0.25) is 0 Å². The second-order valence-corrected chi connectivity index (χ2v) is 26.9. The highest BCUT2D eigenvalue weighted by molar-refractivity contribution is 7.00. The number of hydrogen-bond donors (Lipinski definition) is 0. The monoisotopic (exact) mass is 1030 g/mol. The summed E-state index contributed by atoms with van der Waals surface area (Å²) in [5.41, 5.74) is 25.3. The highest BCUT2D eigenvalue weighted by Crippen LogP contribution is 2.62. The van der Waals surface area contributed by atoms with Gasteiger partial charge in [-0.3, -0.25) is 0 Å². The van der Waals surface area contributed by atoms with E-state index in [0.717, 1.165) is 40.5 Å². The predicted molar refractivity (Wildman–Crippen MR) is 338 cm³/mol. The van der Waals surface area contributed by atoms with Crippen LogP contribution < -0.4 is 31.1 Å². The molecule has 1 saturated carbocycles. The lowest BCUT2D eigenvalue weighted by atomic mass is 9.33. The first-order valence-corrected chi connectivity index (χ1v) is 29.0. The quantitative estimate of drug-likeness (QED) is 0.160. The van der Waals surface area contributed by atoms with Gasteiger partial charge in [0.2, 0.25) is 0 Å². The van der Waals surface area contributed by atoms with E-state index in [2.05, 4.69) is 279 Å². The lowest BCUT2D eigenvalue weighted by Crippen LogP contribution is -2.62. The largest absolute Gasteiger partial charge is 0.456 e. The molecule has 3 aliphatic heterocycles. The number of nitrogens with zero attached hydrogens (tertiary/aromatic N) is 3. The van der Waals surface area contributed by atoms with Gasteiger partial charge in [0.25, 0.3) is 6.71 Å². The van der Waals surface area contributed by atoms with E-state index in [4.69, 9.17) is 4.42 Å². The van der Waals surface area contributed by atoms with Crippen LogP contribution in [0.5, 0.6) is 0 Å². The molecule has 4 aliphatic rings. The summed E-state index contributed by atoms with van der Waals surface area (Å²) in [6.45, 7) is 26.2. The molecule has 79 heavy (non-hydrogen) atoms. The molecular formula is C74H72BN3O. The van der Waals surface area contributed by atoms with Gasteiger partial charge in [-0.1, -0.05) is 197 Å². The molecule has 1 aromatic heterocycles. The van der Waals surface area contributed by atoms with E-state index in [0.29, 0.717) is 0 Å². The van der Waals surface area contributed by atoms with Crippen molar-refractivity contribution in [3.8, 4) is 22.3 Å². The highest BCUT2D eigenvalue weighted by Gasteiger charge is 2.58. The fourth-order valence-corrected chi connectivity index (χ4v) is 14.4. The summed E-state index contributed by atoms with van der Waals surface area (Å²) >= 11 is 0. The summed E-state index contributed by atoms with van der Waals surface area (Å²) in [6, 6.07) is 72.2. The third-order valence-electron chi connectivity index (χ3n) is 19.1. The number of benzene rings is 9. The molecule has 0 N–H and O–H groups in total. The van der Waals surface area contributed by atoms with Crippen molar-refractivity contribution in [3.63, 3.8) is 0 Å². The molecule has 0 amide bonds. The molecule has 0 spiro atoms. The van der Waals surface area contributed by atoms with Crippen LogP contribution in [0.1, 0.15) is 124 Å². The van der Waals surface area contributed by atoms with Crippen LogP contribution >= 0.6 is 0 Å². The Labute approximate surface area is 468 Å². The average Bonchev–Trinajstić information content (AvgIpc) is 3.22. The van der Waals surface area contributed by atoms with E-state index in [1.165, 1.54) is 114 Å². The predicted octanol–water partition coefficient (Wildman–Crippen LogP) is 18.6. The Kier molecular flexibility index (Phi) is 10.9. The number of para-hydroxylation sites is 1. The highest BCUT2D eigenvalue weighted by atomic mass is 16.3. The van der Waals surface area contributed by atoms with Gasteiger partial charge >= 0.3 is 0 Å². The third-order valence-corrected chi connectivity index (χ3v) is 19.1. The maximum atomic E-state index is 6.78. The molecule has 1 aliphatic carbocycles. The maximum Gasteiger partial charge on any atom is 0.252 e. The smallest absolute Gasteiger partial charge is 0.252 e. The Morgan fingerprint density at radius 3 is 1.62 bits per heavy atom. The fraction of sp³-hybridized carbons (Fsp3) is 0.270. The van der Waals surface area contributed by atoms with Crippen LogP contribution in [0.25, 0.3) is 44.2 Å². The Morgan fingerprint density at radius 2 is 0.962 bits per heavy atom. The molecule has 0 saturated heterocycles.